The Kier molecular flexibility index (Phi) is 4.35. The fourth-order valence-corrected chi connectivity index (χ4v) is 3.34. The molecule has 2 N–H and O–H groups in total. The summed E-state index contributed by atoms with van der Waals surface area (Å²) >= 11 is 0. The third-order valence-corrected chi connectivity index (χ3v) is 4.47. The number of carboxylic acids is 1. The Morgan fingerprint density at radius 2 is 1.96 bits per heavy atom. The molecule has 0 saturated carbocycles. The number of fused-ring (bicyclic) bond motifs is 1. The number of hydrogen-bond acceptors (Lipinski definition) is 4. The van der Waals surface area contributed by atoms with E-state index < -0.39 is 17.9 Å². The van der Waals surface area contributed by atoms with Gasteiger partial charge in [0, 0.05) is 12.6 Å². The fourth-order valence-electron chi connectivity index (χ4n) is 3.34. The van der Waals surface area contributed by atoms with Crippen LogP contribution >= 0.6 is 0 Å². The predicted molar refractivity (Wildman–Crippen MR) is 90.9 cm³/mol. The van der Waals surface area contributed by atoms with Gasteiger partial charge in [-0.3, -0.25) is 9.59 Å². The van der Waals surface area contributed by atoms with Crippen molar-refractivity contribution in [2.75, 3.05) is 13.7 Å². The summed E-state index contributed by atoms with van der Waals surface area (Å²) in [6.07, 6.45) is 0. The van der Waals surface area contributed by atoms with Crippen molar-refractivity contribution in [1.29, 1.82) is 0 Å². The Balaban J connectivity index is 2.16. The normalized spacial score (nSPS) is 19.4. The summed E-state index contributed by atoms with van der Waals surface area (Å²) in [5.41, 5.74) is 1.49. The van der Waals surface area contributed by atoms with Gasteiger partial charge in [0.2, 0.25) is 0 Å². The maximum absolute atomic E-state index is 12.7. The molecule has 0 fully saturated rings. The van der Waals surface area contributed by atoms with Crippen LogP contribution in [-0.2, 0) is 4.79 Å². The van der Waals surface area contributed by atoms with E-state index in [0.29, 0.717) is 23.3 Å². The Labute approximate surface area is 145 Å². The van der Waals surface area contributed by atoms with Crippen LogP contribution in [0.25, 0.3) is 0 Å². The summed E-state index contributed by atoms with van der Waals surface area (Å²) in [6, 6.07) is 10.7. The second kappa shape index (κ2) is 6.47. The summed E-state index contributed by atoms with van der Waals surface area (Å²) < 4.78 is 5.39. The van der Waals surface area contributed by atoms with Gasteiger partial charge in [-0.05, 0) is 36.2 Å². The van der Waals surface area contributed by atoms with Crippen molar-refractivity contribution in [3.63, 3.8) is 0 Å². The highest BCUT2D eigenvalue weighted by Crippen LogP contribution is 2.43. The summed E-state index contributed by atoms with van der Waals surface area (Å²) in [5.74, 6) is -1.91. The lowest BCUT2D eigenvalue weighted by atomic mass is 9.80. The largest absolute Gasteiger partial charge is 0.504 e. The summed E-state index contributed by atoms with van der Waals surface area (Å²) in [4.78, 5) is 26.1. The van der Waals surface area contributed by atoms with Crippen LogP contribution in [0, 0.1) is 0 Å². The number of hydrogen-bond donors (Lipinski definition) is 2. The van der Waals surface area contributed by atoms with Crippen molar-refractivity contribution >= 4 is 11.9 Å². The van der Waals surface area contributed by atoms with Crippen LogP contribution in [0.1, 0.15) is 40.4 Å². The lowest BCUT2D eigenvalue weighted by molar-refractivity contribution is -0.140. The molecule has 1 amide bonds. The Bertz CT molecular complexity index is 832. The number of amides is 1. The van der Waals surface area contributed by atoms with Gasteiger partial charge in [-0.1, -0.05) is 24.3 Å². The molecule has 2 aromatic rings. The molecule has 2 unspecified atom stereocenters. The first kappa shape index (κ1) is 16.8. The first-order chi connectivity index (χ1) is 12.0. The van der Waals surface area contributed by atoms with Crippen LogP contribution in [0.4, 0.5) is 0 Å². The zero-order valence-electron chi connectivity index (χ0n) is 14.0. The van der Waals surface area contributed by atoms with Crippen LogP contribution in [0.2, 0.25) is 0 Å². The number of phenolic OH excluding ortho intramolecular Hbond substituents is 1. The molecule has 0 saturated heterocycles. The van der Waals surface area contributed by atoms with Crippen molar-refractivity contribution in [3.8, 4) is 11.5 Å². The molecular weight excluding hydrogens is 322 g/mol. The lowest BCUT2D eigenvalue weighted by Gasteiger charge is -2.38. The van der Waals surface area contributed by atoms with Crippen LogP contribution in [0.3, 0.4) is 0 Å². The van der Waals surface area contributed by atoms with E-state index in [9.17, 15) is 19.8 Å². The number of ether oxygens (including phenoxy) is 1. The third kappa shape index (κ3) is 2.80. The molecule has 0 aliphatic carbocycles. The van der Waals surface area contributed by atoms with E-state index in [2.05, 4.69) is 0 Å². The lowest BCUT2D eigenvalue weighted by Crippen LogP contribution is -2.42. The molecule has 25 heavy (non-hydrogen) atoms. The Morgan fingerprint density at radius 1 is 1.24 bits per heavy atom. The second-order valence-electron chi connectivity index (χ2n) is 5.92. The van der Waals surface area contributed by atoms with E-state index in [1.165, 1.54) is 11.0 Å². The Morgan fingerprint density at radius 3 is 2.64 bits per heavy atom. The number of benzene rings is 2. The second-order valence-corrected chi connectivity index (χ2v) is 5.92. The van der Waals surface area contributed by atoms with E-state index in [1.54, 1.807) is 50.4 Å². The smallest absolute Gasteiger partial charge is 0.313 e. The summed E-state index contributed by atoms with van der Waals surface area (Å²) in [5, 5.41) is 19.7. The fraction of sp³-hybridized carbons (Fsp3) is 0.263. The number of carbonyl (C=O) groups is 2. The van der Waals surface area contributed by atoms with E-state index in [4.69, 9.17) is 4.74 Å². The summed E-state index contributed by atoms with van der Waals surface area (Å²) in [7, 11) is 1.59. The molecule has 2 atom stereocenters. The molecule has 1 heterocycles. The average molecular weight is 341 g/mol. The van der Waals surface area contributed by atoms with E-state index in [0.717, 1.165) is 0 Å². The molecule has 0 aromatic heterocycles. The first-order valence-corrected chi connectivity index (χ1v) is 8.00. The minimum absolute atomic E-state index is 0.0253. The van der Waals surface area contributed by atoms with Gasteiger partial charge in [-0.2, -0.15) is 0 Å². The highest BCUT2D eigenvalue weighted by molar-refractivity contribution is 6.00. The van der Waals surface area contributed by atoms with Gasteiger partial charge in [0.05, 0.1) is 12.6 Å². The first-order valence-electron chi connectivity index (χ1n) is 8.00. The molecule has 1 aliphatic heterocycles. The molecule has 6 nitrogen and oxygen atoms in total. The van der Waals surface area contributed by atoms with Crippen LogP contribution in [0.15, 0.2) is 42.5 Å². The quantitative estimate of drug-likeness (QED) is 0.893. The van der Waals surface area contributed by atoms with Gasteiger partial charge in [0.25, 0.3) is 5.91 Å². The highest BCUT2D eigenvalue weighted by Gasteiger charge is 2.42. The molecule has 3 rings (SSSR count). The molecule has 6 heteroatoms. The minimum Gasteiger partial charge on any atom is -0.504 e. The van der Waals surface area contributed by atoms with Gasteiger partial charge in [-0.25, -0.2) is 0 Å². The topological polar surface area (TPSA) is 87.1 Å². The molecule has 2 aromatic carbocycles. The molecule has 0 spiro atoms. The average Bonchev–Trinajstić information content (AvgIpc) is 2.60. The van der Waals surface area contributed by atoms with E-state index >= 15 is 0 Å². The monoisotopic (exact) mass is 341 g/mol. The SMILES string of the molecule is CCOc1cc(C2C(C(=O)O)c3ccccc3C(=O)N2C)ccc1O. The van der Waals surface area contributed by atoms with Crippen molar-refractivity contribution in [3.05, 3.63) is 59.2 Å². The van der Waals surface area contributed by atoms with Gasteiger partial charge in [-0.15, -0.1) is 0 Å². The third-order valence-electron chi connectivity index (χ3n) is 4.47. The molecular formula is C19H19NO5. The summed E-state index contributed by atoms with van der Waals surface area (Å²) in [6.45, 7) is 2.15. The Hall–Kier alpha value is -3.02. The number of aromatic hydroxyl groups is 1. The van der Waals surface area contributed by atoms with Crippen LogP contribution in [0.5, 0.6) is 11.5 Å². The van der Waals surface area contributed by atoms with Crippen molar-refractivity contribution in [1.82, 2.24) is 4.90 Å². The predicted octanol–water partition coefficient (Wildman–Crippen LogP) is 2.79. The maximum Gasteiger partial charge on any atom is 0.313 e. The maximum atomic E-state index is 12.7. The van der Waals surface area contributed by atoms with Crippen molar-refractivity contribution in [2.45, 2.75) is 18.9 Å². The molecule has 0 bridgehead atoms. The van der Waals surface area contributed by atoms with Crippen molar-refractivity contribution < 1.29 is 24.5 Å². The van der Waals surface area contributed by atoms with Gasteiger partial charge < -0.3 is 19.8 Å². The number of aliphatic carboxylic acids is 1. The van der Waals surface area contributed by atoms with E-state index in [1.807, 2.05) is 0 Å². The minimum atomic E-state index is -1.01. The standard InChI is InChI=1S/C19H19NO5/c1-3-25-15-10-11(8-9-14(15)21)17-16(19(23)24)12-6-4-5-7-13(12)18(22)20(17)2/h4-10,16-17,21H,3H2,1-2H3,(H,23,24). The van der Waals surface area contributed by atoms with Crippen molar-refractivity contribution in [2.24, 2.45) is 0 Å². The molecule has 1 aliphatic rings. The molecule has 0 radical (unpaired) electrons. The molecule has 130 valence electrons. The van der Waals surface area contributed by atoms with Crippen LogP contribution in [-0.4, -0.2) is 40.6 Å². The van der Waals surface area contributed by atoms with Crippen LogP contribution < -0.4 is 4.74 Å². The number of nitrogens with zero attached hydrogens (tertiary/aromatic N) is 1. The van der Waals surface area contributed by atoms with E-state index in [-0.39, 0.29) is 17.4 Å². The number of phenols is 1. The number of likely N-dealkylation sites (N-methyl/N-ethyl adjacent to an activating group) is 1. The van der Waals surface area contributed by atoms with Gasteiger partial charge in [0.1, 0.15) is 5.92 Å². The number of carbonyl (C=O) groups excluding carboxylic acids is 1. The zero-order valence-corrected chi connectivity index (χ0v) is 14.0. The van der Waals surface area contributed by atoms with Gasteiger partial charge >= 0.3 is 5.97 Å². The van der Waals surface area contributed by atoms with Gasteiger partial charge in [0.15, 0.2) is 11.5 Å². The highest BCUT2D eigenvalue weighted by atomic mass is 16.5. The zero-order chi connectivity index (χ0) is 18.1. The number of carboxylic acid groups (broad SMARTS) is 1. The number of rotatable bonds is 4.